The van der Waals surface area contributed by atoms with Gasteiger partial charge >= 0.3 is 19.8 Å². The first-order valence-electron chi connectivity index (χ1n) is 21.1. The van der Waals surface area contributed by atoms with Gasteiger partial charge in [0, 0.05) is 12.8 Å². The normalized spacial score (nSPS) is 23.3. The summed E-state index contributed by atoms with van der Waals surface area (Å²) in [6, 6.07) is 0. The minimum Gasteiger partial charge on any atom is -0.462 e. The van der Waals surface area contributed by atoms with Crippen LogP contribution in [0.3, 0.4) is 0 Å². The van der Waals surface area contributed by atoms with Crippen molar-refractivity contribution in [3.05, 3.63) is 134 Å². The predicted molar refractivity (Wildman–Crippen MR) is 239 cm³/mol. The Bertz CT molecular complexity index is 1570. The highest BCUT2D eigenvalue weighted by atomic mass is 31.2. The first-order chi connectivity index (χ1) is 29.4. The second-order valence-electron chi connectivity index (χ2n) is 13.8. The lowest BCUT2D eigenvalue weighted by Gasteiger charge is -2.41. The number of ether oxygens (including phenoxy) is 2. The molecule has 1 rings (SSSR count). The maximum absolute atomic E-state index is 12.8. The number of phosphoric ester groups is 1. The van der Waals surface area contributed by atoms with Crippen LogP contribution in [-0.2, 0) is 32.7 Å². The average Bonchev–Trinajstić information content (AvgIpc) is 3.24. The zero-order valence-corrected chi connectivity index (χ0v) is 36.5. The van der Waals surface area contributed by atoms with Crippen LogP contribution in [0.15, 0.2) is 134 Å². The van der Waals surface area contributed by atoms with Gasteiger partial charge in [-0.1, -0.05) is 148 Å². The highest BCUT2D eigenvalue weighted by Gasteiger charge is 2.51. The van der Waals surface area contributed by atoms with Crippen LogP contribution in [0, 0.1) is 0 Å². The van der Waals surface area contributed by atoms with E-state index in [1.165, 1.54) is 0 Å². The predicted octanol–water partition coefficient (Wildman–Crippen LogP) is 7.60. The number of aliphatic hydroxyl groups excluding tert-OH is 5. The van der Waals surface area contributed by atoms with E-state index >= 15 is 0 Å². The summed E-state index contributed by atoms with van der Waals surface area (Å²) in [5.41, 5.74) is 0. The van der Waals surface area contributed by atoms with Gasteiger partial charge in [-0.3, -0.25) is 18.6 Å². The lowest BCUT2D eigenvalue weighted by Crippen LogP contribution is -2.64. The molecule has 0 aliphatic heterocycles. The number of unbranched alkanes of at least 4 members (excludes halogenated alkanes) is 1. The van der Waals surface area contributed by atoms with Gasteiger partial charge in [-0.15, -0.1) is 0 Å². The van der Waals surface area contributed by atoms with Crippen molar-refractivity contribution in [3.8, 4) is 0 Å². The van der Waals surface area contributed by atoms with Crippen molar-refractivity contribution in [3.63, 3.8) is 0 Å². The molecule has 61 heavy (non-hydrogen) atoms. The van der Waals surface area contributed by atoms with E-state index < -0.39 is 75.7 Å². The monoisotopic (exact) mass is 872 g/mol. The lowest BCUT2D eigenvalue weighted by molar-refractivity contribution is -0.220. The van der Waals surface area contributed by atoms with Crippen LogP contribution in [-0.4, -0.2) is 98.3 Å². The van der Waals surface area contributed by atoms with E-state index in [0.717, 1.165) is 38.5 Å². The molecular weight excluding hydrogens is 803 g/mol. The molecule has 1 aliphatic carbocycles. The fourth-order valence-corrected chi connectivity index (χ4v) is 6.25. The Kier molecular flexibility index (Phi) is 32.1. The van der Waals surface area contributed by atoms with Gasteiger partial charge in [0.1, 0.15) is 43.2 Å². The standard InChI is InChI=1S/C47H69O13P/c1-3-5-7-9-11-13-15-17-18-19-20-21-22-24-25-27-29-31-33-35-40(48)57-37-39(38-58-61(55,56)60-47-45(53)43(51)42(50)44(52)46(47)54)59-41(49)36-34-32-30-28-26-23-16-14-12-10-8-6-4-2/h5-8,10-14,16-18,20-21,23-26,28-31,39,42-47,50-54H,3-4,9,15,19,22,27,32-38H2,1-2H3,(H,55,56)/b7-5+,8-6+,12-10+,13-11+,16-14+,18-17+,21-20+,25-24+,26-23+,30-28+,31-29+/t39?,42?,43-,44?,45?,46?,47?/m0/s1. The molecule has 14 heteroatoms. The van der Waals surface area contributed by atoms with E-state index in [1.807, 2.05) is 79.0 Å². The van der Waals surface area contributed by atoms with Gasteiger partial charge in [0.25, 0.3) is 0 Å². The third kappa shape index (κ3) is 28.3. The number of hydrogen-bond donors (Lipinski definition) is 6. The van der Waals surface area contributed by atoms with Crippen LogP contribution >= 0.6 is 7.82 Å². The van der Waals surface area contributed by atoms with Crippen molar-refractivity contribution in [1.82, 2.24) is 0 Å². The van der Waals surface area contributed by atoms with Crippen LogP contribution in [0.25, 0.3) is 0 Å². The highest BCUT2D eigenvalue weighted by Crippen LogP contribution is 2.47. The molecular formula is C47H69O13P. The summed E-state index contributed by atoms with van der Waals surface area (Å²) in [6.07, 6.45) is 38.3. The minimum atomic E-state index is -5.16. The maximum Gasteiger partial charge on any atom is 0.472 e. The van der Waals surface area contributed by atoms with Crippen LogP contribution in [0.5, 0.6) is 0 Å². The second-order valence-corrected chi connectivity index (χ2v) is 15.3. The second kappa shape index (κ2) is 35.6. The smallest absolute Gasteiger partial charge is 0.462 e. The number of rotatable bonds is 31. The van der Waals surface area contributed by atoms with E-state index in [1.54, 1.807) is 0 Å². The number of esters is 2. The van der Waals surface area contributed by atoms with E-state index in [9.17, 15) is 44.6 Å². The van der Waals surface area contributed by atoms with Gasteiger partial charge in [0.2, 0.25) is 0 Å². The summed E-state index contributed by atoms with van der Waals surface area (Å²) < 4.78 is 33.2. The molecule has 1 aliphatic rings. The summed E-state index contributed by atoms with van der Waals surface area (Å²) in [6.45, 7) is 2.87. The molecule has 1 saturated carbocycles. The van der Waals surface area contributed by atoms with Crippen LogP contribution in [0.4, 0.5) is 0 Å². The molecule has 8 atom stereocenters. The molecule has 6 N–H and O–H groups in total. The number of allylic oxidation sites excluding steroid dienone is 22. The molecule has 0 spiro atoms. The van der Waals surface area contributed by atoms with Crippen molar-refractivity contribution in [2.45, 2.75) is 134 Å². The third-order valence-electron chi connectivity index (χ3n) is 8.63. The number of hydrogen-bond acceptors (Lipinski definition) is 12. The zero-order chi connectivity index (χ0) is 45.0. The van der Waals surface area contributed by atoms with Gasteiger partial charge in [0.15, 0.2) is 6.10 Å². The van der Waals surface area contributed by atoms with Crippen molar-refractivity contribution in [2.24, 2.45) is 0 Å². The molecule has 7 unspecified atom stereocenters. The van der Waals surface area contributed by atoms with Gasteiger partial charge in [-0.25, -0.2) is 4.57 Å². The maximum atomic E-state index is 12.8. The summed E-state index contributed by atoms with van der Waals surface area (Å²) in [5.74, 6) is -1.30. The van der Waals surface area contributed by atoms with E-state index in [0.29, 0.717) is 25.7 Å². The molecule has 0 aromatic carbocycles. The Hall–Kier alpha value is -4.01. The largest absolute Gasteiger partial charge is 0.472 e. The van der Waals surface area contributed by atoms with Crippen LogP contribution in [0.1, 0.15) is 90.9 Å². The molecule has 0 radical (unpaired) electrons. The van der Waals surface area contributed by atoms with E-state index in [2.05, 4.69) is 68.5 Å². The Morgan fingerprint density at radius 1 is 0.525 bits per heavy atom. The van der Waals surface area contributed by atoms with Gasteiger partial charge in [-0.2, -0.15) is 0 Å². The first-order valence-corrected chi connectivity index (χ1v) is 22.6. The summed E-state index contributed by atoms with van der Waals surface area (Å²) in [5, 5.41) is 50.0. The molecule has 0 saturated heterocycles. The molecule has 340 valence electrons. The minimum absolute atomic E-state index is 0.0167. The molecule has 0 amide bonds. The Balaban J connectivity index is 2.61. The number of carbonyl (C=O) groups excluding carboxylic acids is 2. The molecule has 0 aromatic rings. The quantitative estimate of drug-likeness (QED) is 0.0131. The van der Waals surface area contributed by atoms with E-state index in [4.69, 9.17) is 18.5 Å². The molecule has 0 bridgehead atoms. The molecule has 0 aromatic heterocycles. The van der Waals surface area contributed by atoms with Crippen LogP contribution < -0.4 is 0 Å². The van der Waals surface area contributed by atoms with Crippen molar-refractivity contribution in [1.29, 1.82) is 0 Å². The summed E-state index contributed by atoms with van der Waals surface area (Å²) in [4.78, 5) is 35.5. The fourth-order valence-electron chi connectivity index (χ4n) is 5.28. The zero-order valence-electron chi connectivity index (χ0n) is 35.6. The van der Waals surface area contributed by atoms with Crippen molar-refractivity contribution < 1.29 is 63.1 Å². The number of aliphatic hydroxyl groups is 5. The van der Waals surface area contributed by atoms with Crippen molar-refractivity contribution in [2.75, 3.05) is 13.2 Å². The van der Waals surface area contributed by atoms with Crippen molar-refractivity contribution >= 4 is 19.8 Å². The molecule has 0 heterocycles. The first kappa shape index (κ1) is 55.0. The fraction of sp³-hybridized carbons (Fsp3) is 0.489. The Morgan fingerprint density at radius 2 is 0.967 bits per heavy atom. The van der Waals surface area contributed by atoms with Gasteiger partial charge in [0.05, 0.1) is 6.61 Å². The Labute approximate surface area is 362 Å². The van der Waals surface area contributed by atoms with Crippen LogP contribution in [0.2, 0.25) is 0 Å². The SMILES string of the molecule is CC/C=C/C=C/C=C/C=C/C=C/CCCC(=O)OC(COC(=O)CC/C=C/C/C=C/C/C=C/C/C=C/C/C=C/C/C=C/CC)COP(=O)(O)OC1C(O)C(O)C(O)[C@H](O)C1O. The number of carbonyl (C=O) groups is 2. The average molecular weight is 873 g/mol. The highest BCUT2D eigenvalue weighted by molar-refractivity contribution is 7.47. The molecule has 13 nitrogen and oxygen atoms in total. The lowest BCUT2D eigenvalue weighted by atomic mass is 9.85. The van der Waals surface area contributed by atoms with Gasteiger partial charge < -0.3 is 39.9 Å². The Morgan fingerprint density at radius 3 is 1.48 bits per heavy atom. The third-order valence-corrected chi connectivity index (χ3v) is 9.61. The van der Waals surface area contributed by atoms with E-state index in [-0.39, 0.29) is 12.8 Å². The summed E-state index contributed by atoms with van der Waals surface area (Å²) >= 11 is 0. The topological polar surface area (TPSA) is 210 Å². The number of phosphoric acid groups is 1. The van der Waals surface area contributed by atoms with Gasteiger partial charge in [-0.05, 0) is 64.2 Å². The summed E-state index contributed by atoms with van der Waals surface area (Å²) in [7, 11) is -5.16. The molecule has 1 fully saturated rings.